The van der Waals surface area contributed by atoms with Crippen molar-refractivity contribution in [3.8, 4) is 0 Å². The summed E-state index contributed by atoms with van der Waals surface area (Å²) in [4.78, 5) is 6.51. The van der Waals surface area contributed by atoms with E-state index in [1.165, 1.54) is 45.3 Å². The average molecular weight is 322 g/mol. The Hall–Kier alpha value is -0.360. The highest BCUT2D eigenvalue weighted by Gasteiger charge is 2.24. The lowest BCUT2D eigenvalue weighted by Crippen LogP contribution is -2.43. The molecule has 1 aromatic heterocycles. The highest BCUT2D eigenvalue weighted by atomic mass is 35.5. The summed E-state index contributed by atoms with van der Waals surface area (Å²) in [6, 6.07) is 0.758. The van der Waals surface area contributed by atoms with Crippen LogP contribution in [0.4, 0.5) is 0 Å². The summed E-state index contributed by atoms with van der Waals surface area (Å²) in [5.74, 6) is 0.996. The minimum atomic E-state index is 0. The fourth-order valence-electron chi connectivity index (χ4n) is 2.61. The number of likely N-dealkylation sites (tertiary alicyclic amines) is 1. The van der Waals surface area contributed by atoms with Crippen molar-refractivity contribution in [2.75, 3.05) is 26.2 Å². The maximum Gasteiger partial charge on any atom is 0.137 e. The van der Waals surface area contributed by atoms with E-state index in [2.05, 4.69) is 20.3 Å². The first-order chi connectivity index (χ1) is 8.90. The highest BCUT2D eigenvalue weighted by molar-refractivity contribution is 5.85. The standard InChI is InChI=1S/C13H23N5.2ClH/c1-2-12(1)9-15-13-3-5-17(6-4-13)7-8-18-11-14-10-16-18;;/h10-13,15H,1-9H2;2*1H. The van der Waals surface area contributed by atoms with Gasteiger partial charge in [-0.2, -0.15) is 5.10 Å². The Morgan fingerprint density at radius 3 is 2.40 bits per heavy atom. The van der Waals surface area contributed by atoms with Crippen molar-refractivity contribution in [3.05, 3.63) is 12.7 Å². The van der Waals surface area contributed by atoms with Crippen LogP contribution in [0.3, 0.4) is 0 Å². The molecular formula is C13H25Cl2N5. The van der Waals surface area contributed by atoms with Crippen molar-refractivity contribution in [3.63, 3.8) is 0 Å². The van der Waals surface area contributed by atoms with E-state index in [1.54, 1.807) is 12.7 Å². The molecule has 2 heterocycles. The molecule has 0 radical (unpaired) electrons. The first-order valence-electron chi connectivity index (χ1n) is 7.18. The maximum atomic E-state index is 4.14. The Morgan fingerprint density at radius 2 is 1.80 bits per heavy atom. The molecule has 0 spiro atoms. The van der Waals surface area contributed by atoms with Crippen molar-refractivity contribution in [2.45, 2.75) is 38.3 Å². The van der Waals surface area contributed by atoms with Crippen molar-refractivity contribution >= 4 is 24.8 Å². The highest BCUT2D eigenvalue weighted by Crippen LogP contribution is 2.28. The van der Waals surface area contributed by atoms with Gasteiger partial charge in [0.2, 0.25) is 0 Å². The van der Waals surface area contributed by atoms with Gasteiger partial charge in [-0.3, -0.25) is 4.68 Å². The quantitative estimate of drug-likeness (QED) is 0.864. The molecule has 3 rings (SSSR count). The van der Waals surface area contributed by atoms with E-state index in [0.717, 1.165) is 25.0 Å². The molecule has 1 aliphatic heterocycles. The summed E-state index contributed by atoms with van der Waals surface area (Å²) in [6.45, 7) is 5.75. The fourth-order valence-corrected chi connectivity index (χ4v) is 2.61. The number of hydrogen-bond donors (Lipinski definition) is 1. The summed E-state index contributed by atoms with van der Waals surface area (Å²) in [6.07, 6.45) is 8.89. The molecule has 1 saturated carbocycles. The largest absolute Gasteiger partial charge is 0.314 e. The second kappa shape index (κ2) is 8.82. The van der Waals surface area contributed by atoms with E-state index in [4.69, 9.17) is 0 Å². The number of rotatable bonds is 6. The predicted molar refractivity (Wildman–Crippen MR) is 84.7 cm³/mol. The van der Waals surface area contributed by atoms with Gasteiger partial charge in [-0.15, -0.1) is 24.8 Å². The lowest BCUT2D eigenvalue weighted by Gasteiger charge is -2.32. The molecule has 116 valence electrons. The van der Waals surface area contributed by atoms with E-state index >= 15 is 0 Å². The van der Waals surface area contributed by atoms with Crippen LogP contribution in [-0.4, -0.2) is 51.9 Å². The number of nitrogens with zero attached hydrogens (tertiary/aromatic N) is 4. The monoisotopic (exact) mass is 321 g/mol. The van der Waals surface area contributed by atoms with E-state index in [1.807, 2.05) is 4.68 Å². The number of piperidine rings is 1. The Balaban J connectivity index is 0.000001000. The number of halogens is 2. The second-order valence-corrected chi connectivity index (χ2v) is 5.63. The Morgan fingerprint density at radius 1 is 1.05 bits per heavy atom. The van der Waals surface area contributed by atoms with Gasteiger partial charge in [-0.25, -0.2) is 4.98 Å². The van der Waals surface area contributed by atoms with E-state index < -0.39 is 0 Å². The molecule has 1 saturated heterocycles. The van der Waals surface area contributed by atoms with Crippen LogP contribution in [0.2, 0.25) is 0 Å². The van der Waals surface area contributed by atoms with Gasteiger partial charge in [0.1, 0.15) is 12.7 Å². The predicted octanol–water partition coefficient (Wildman–Crippen LogP) is 1.59. The van der Waals surface area contributed by atoms with E-state index in [9.17, 15) is 0 Å². The van der Waals surface area contributed by atoms with Gasteiger partial charge >= 0.3 is 0 Å². The number of nitrogens with one attached hydrogen (secondary N) is 1. The summed E-state index contributed by atoms with van der Waals surface area (Å²) in [5.41, 5.74) is 0. The molecule has 20 heavy (non-hydrogen) atoms. The normalized spacial score (nSPS) is 20.2. The van der Waals surface area contributed by atoms with Gasteiger partial charge in [-0.05, 0) is 51.2 Å². The van der Waals surface area contributed by atoms with Crippen LogP contribution in [-0.2, 0) is 6.54 Å². The number of hydrogen-bond acceptors (Lipinski definition) is 4. The fraction of sp³-hybridized carbons (Fsp3) is 0.846. The molecule has 0 unspecified atom stereocenters. The third-order valence-electron chi connectivity index (χ3n) is 4.09. The zero-order chi connectivity index (χ0) is 12.2. The molecule has 7 heteroatoms. The zero-order valence-corrected chi connectivity index (χ0v) is 13.4. The molecule has 1 aromatic rings. The zero-order valence-electron chi connectivity index (χ0n) is 11.8. The van der Waals surface area contributed by atoms with Crippen molar-refractivity contribution in [1.82, 2.24) is 25.0 Å². The molecule has 1 aliphatic carbocycles. The first-order valence-corrected chi connectivity index (χ1v) is 7.18. The molecule has 5 nitrogen and oxygen atoms in total. The lowest BCUT2D eigenvalue weighted by molar-refractivity contribution is 0.189. The lowest BCUT2D eigenvalue weighted by atomic mass is 10.0. The molecule has 0 amide bonds. The van der Waals surface area contributed by atoms with Crippen molar-refractivity contribution in [2.24, 2.45) is 5.92 Å². The Bertz CT molecular complexity index is 348. The third kappa shape index (κ3) is 5.56. The van der Waals surface area contributed by atoms with Gasteiger partial charge in [-0.1, -0.05) is 0 Å². The molecule has 0 atom stereocenters. The SMILES string of the molecule is Cl.Cl.c1ncn(CCN2CCC(NCC3CC3)CC2)n1. The van der Waals surface area contributed by atoms with Crippen LogP contribution in [0.1, 0.15) is 25.7 Å². The first kappa shape index (κ1) is 17.7. The second-order valence-electron chi connectivity index (χ2n) is 5.63. The summed E-state index contributed by atoms with van der Waals surface area (Å²) >= 11 is 0. The molecular weight excluding hydrogens is 297 g/mol. The van der Waals surface area contributed by atoms with Crippen LogP contribution in [0.5, 0.6) is 0 Å². The van der Waals surface area contributed by atoms with Crippen LogP contribution >= 0.6 is 24.8 Å². The summed E-state index contributed by atoms with van der Waals surface area (Å²) in [7, 11) is 0. The molecule has 2 aliphatic rings. The maximum absolute atomic E-state index is 4.14. The molecule has 0 aromatic carbocycles. The van der Waals surface area contributed by atoms with Crippen LogP contribution < -0.4 is 5.32 Å². The van der Waals surface area contributed by atoms with Gasteiger partial charge < -0.3 is 10.2 Å². The minimum absolute atomic E-state index is 0. The van der Waals surface area contributed by atoms with Crippen molar-refractivity contribution in [1.29, 1.82) is 0 Å². The molecule has 1 N–H and O–H groups in total. The average Bonchev–Trinajstić information content (AvgIpc) is 3.09. The van der Waals surface area contributed by atoms with Gasteiger partial charge in [0, 0.05) is 12.6 Å². The Kier molecular flexibility index (Phi) is 7.80. The molecule has 0 bridgehead atoms. The Labute approximate surface area is 133 Å². The van der Waals surface area contributed by atoms with E-state index in [0.29, 0.717) is 0 Å². The van der Waals surface area contributed by atoms with Gasteiger partial charge in [0.25, 0.3) is 0 Å². The smallest absolute Gasteiger partial charge is 0.137 e. The third-order valence-corrected chi connectivity index (χ3v) is 4.09. The van der Waals surface area contributed by atoms with Crippen molar-refractivity contribution < 1.29 is 0 Å². The van der Waals surface area contributed by atoms with Crippen LogP contribution in [0.25, 0.3) is 0 Å². The van der Waals surface area contributed by atoms with Gasteiger partial charge in [0.05, 0.1) is 6.54 Å². The van der Waals surface area contributed by atoms with E-state index in [-0.39, 0.29) is 24.8 Å². The van der Waals surface area contributed by atoms with Gasteiger partial charge in [0.15, 0.2) is 0 Å². The molecule has 2 fully saturated rings. The summed E-state index contributed by atoms with van der Waals surface area (Å²) in [5, 5.41) is 7.86. The van der Waals surface area contributed by atoms with Crippen LogP contribution in [0, 0.1) is 5.92 Å². The minimum Gasteiger partial charge on any atom is -0.314 e. The van der Waals surface area contributed by atoms with Crippen LogP contribution in [0.15, 0.2) is 12.7 Å². The topological polar surface area (TPSA) is 46.0 Å². The summed E-state index contributed by atoms with van der Waals surface area (Å²) < 4.78 is 1.91. The number of aromatic nitrogens is 3.